The van der Waals surface area contributed by atoms with E-state index in [1.807, 2.05) is 0 Å². The van der Waals surface area contributed by atoms with Gasteiger partial charge in [-0.05, 0) is 12.3 Å². The zero-order chi connectivity index (χ0) is 24.2. The molecule has 7 nitrogen and oxygen atoms in total. The van der Waals surface area contributed by atoms with E-state index >= 15 is 0 Å². The van der Waals surface area contributed by atoms with Gasteiger partial charge in [-0.1, -0.05) is 20.8 Å². The summed E-state index contributed by atoms with van der Waals surface area (Å²) in [6.07, 6.45) is 8.85. The summed E-state index contributed by atoms with van der Waals surface area (Å²) in [6.45, 7) is 13.4. The summed E-state index contributed by atoms with van der Waals surface area (Å²) >= 11 is -0.839. The number of hydrogen-bond donors (Lipinski definition) is 1. The summed E-state index contributed by atoms with van der Waals surface area (Å²) in [7, 11) is 0. The summed E-state index contributed by atoms with van der Waals surface area (Å²) in [6, 6.07) is 1.19. The minimum atomic E-state index is -0.839. The van der Waals surface area contributed by atoms with Crippen LogP contribution in [0.15, 0.2) is 6.07 Å². The van der Waals surface area contributed by atoms with Gasteiger partial charge in [0.05, 0.1) is 9.85 Å². The van der Waals surface area contributed by atoms with Crippen molar-refractivity contribution in [1.82, 2.24) is 0 Å². The largest absolute Gasteiger partial charge is 0.502 e. The number of unbranched alkanes of at least 4 members (excludes halogenated alkanes) is 3. The number of aromatic hydroxyl groups is 1. The molecule has 0 spiro atoms. The topological polar surface area (TPSA) is 107 Å². The van der Waals surface area contributed by atoms with Crippen LogP contribution in [0, 0.1) is 27.2 Å². The van der Waals surface area contributed by atoms with Crippen molar-refractivity contribution in [2.75, 3.05) is 0 Å². The molecule has 0 unspecified atom stereocenters. The maximum absolute atomic E-state index is 10.9. The summed E-state index contributed by atoms with van der Waals surface area (Å²) in [5, 5.41) is 31.7. The molecule has 0 aromatic heterocycles. The molecule has 0 fully saturated rings. The van der Waals surface area contributed by atoms with Crippen LogP contribution in [-0.2, 0) is 5.41 Å². The van der Waals surface area contributed by atoms with Gasteiger partial charge < -0.3 is 5.11 Å². The predicted molar refractivity (Wildman–Crippen MR) is 130 cm³/mol. The molecule has 31 heavy (non-hydrogen) atoms. The Balaban J connectivity index is 0.000000615. The van der Waals surface area contributed by atoms with E-state index in [0.29, 0.717) is 0 Å². The average Bonchev–Trinajstić information content (AvgIpc) is 2.66. The number of benzene rings is 1. The fraction of sp³-hybridized carbons (Fsp3) is 0.739. The zero-order valence-corrected chi connectivity index (χ0v) is 23.3. The van der Waals surface area contributed by atoms with Crippen molar-refractivity contribution in [2.45, 2.75) is 106 Å². The third-order valence-corrected chi connectivity index (χ3v) is 14.4. The number of phenolic OH excluding ortho intramolecular Hbond substituents is 1. The van der Waals surface area contributed by atoms with Crippen molar-refractivity contribution in [3.63, 3.8) is 0 Å². The molecule has 1 aromatic carbocycles. The molecule has 1 aromatic rings. The molecule has 0 aliphatic carbocycles. The molecule has 8 heteroatoms. The molecule has 0 heterocycles. The number of phenols is 1. The summed E-state index contributed by atoms with van der Waals surface area (Å²) in [5.74, 6) is -0.504. The van der Waals surface area contributed by atoms with Crippen LogP contribution >= 0.6 is 0 Å². The van der Waals surface area contributed by atoms with Crippen LogP contribution < -0.4 is 0 Å². The quantitative estimate of drug-likeness (QED) is 0.175. The third-order valence-electron chi connectivity index (χ3n) is 5.34. The Morgan fingerprint density at radius 1 is 0.903 bits per heavy atom. The maximum Gasteiger partial charge on any atom is 0.320 e. The number of nitrogens with zero attached hydrogens (tertiary/aromatic N) is 2. The molecule has 0 amide bonds. The van der Waals surface area contributed by atoms with E-state index < -0.39 is 46.5 Å². The SMILES string of the molecule is CCC[CH2][Sn]([CH2]CCC)[CH2]CCC.Cc1c([N+](=O)[O-])cc(C(C)(C)C)c(O)c1[N+](=O)[O-]. The third kappa shape index (κ3) is 10.2. The van der Waals surface area contributed by atoms with E-state index in [-0.39, 0.29) is 16.8 Å². The first-order valence-electron chi connectivity index (χ1n) is 11.4. The van der Waals surface area contributed by atoms with Crippen LogP contribution in [0.3, 0.4) is 0 Å². The van der Waals surface area contributed by atoms with Gasteiger partial charge >= 0.3 is 98.1 Å². The van der Waals surface area contributed by atoms with Crippen LogP contribution in [0.25, 0.3) is 0 Å². The Labute approximate surface area is 194 Å². The summed E-state index contributed by atoms with van der Waals surface area (Å²) < 4.78 is 5.04. The smallest absolute Gasteiger partial charge is 0.320 e. The molecule has 0 aliphatic rings. The van der Waals surface area contributed by atoms with E-state index in [0.717, 1.165) is 0 Å². The fourth-order valence-corrected chi connectivity index (χ4v) is 12.8. The average molecular weight is 544 g/mol. The van der Waals surface area contributed by atoms with Gasteiger partial charge in [0.1, 0.15) is 5.56 Å². The summed E-state index contributed by atoms with van der Waals surface area (Å²) in [4.78, 5) is 20.3. The standard InChI is InChI=1S/C11H14N2O5.3C4H9.Sn/c1-6-8(12(15)16)5-7(11(2,3)4)10(14)9(6)13(17)18;3*1-3-4-2;/h5,14H,1-4H3;3*1,3-4H2,2H3;. The van der Waals surface area contributed by atoms with Gasteiger partial charge in [-0.3, -0.25) is 20.2 Å². The molecule has 177 valence electrons. The molecular formula is C23H41N2O5Sn. The van der Waals surface area contributed by atoms with Crippen molar-refractivity contribution >= 4 is 31.1 Å². The molecular weight excluding hydrogens is 503 g/mol. The first kappa shape index (κ1) is 29.6. The van der Waals surface area contributed by atoms with Crippen molar-refractivity contribution < 1.29 is 15.0 Å². The Bertz CT molecular complexity index is 698. The molecule has 0 saturated carbocycles. The van der Waals surface area contributed by atoms with Crippen LogP contribution in [0.5, 0.6) is 5.75 Å². The van der Waals surface area contributed by atoms with Gasteiger partial charge in [-0.25, -0.2) is 0 Å². The predicted octanol–water partition coefficient (Wildman–Crippen LogP) is 7.70. The second-order valence-corrected chi connectivity index (χ2v) is 17.7. The first-order chi connectivity index (χ1) is 14.4. The minimum absolute atomic E-state index is 0.143. The Morgan fingerprint density at radius 3 is 1.61 bits per heavy atom. The van der Waals surface area contributed by atoms with Crippen molar-refractivity contribution in [3.8, 4) is 5.75 Å². The molecule has 0 saturated heterocycles. The fourth-order valence-electron chi connectivity index (χ4n) is 3.38. The van der Waals surface area contributed by atoms with E-state index in [2.05, 4.69) is 20.8 Å². The monoisotopic (exact) mass is 545 g/mol. The number of rotatable bonds is 11. The van der Waals surface area contributed by atoms with Gasteiger partial charge in [0, 0.05) is 11.6 Å². The van der Waals surface area contributed by atoms with Crippen LogP contribution in [-0.4, -0.2) is 34.7 Å². The van der Waals surface area contributed by atoms with E-state index in [4.69, 9.17) is 0 Å². The molecule has 0 bridgehead atoms. The van der Waals surface area contributed by atoms with Crippen LogP contribution in [0.1, 0.15) is 91.2 Å². The Morgan fingerprint density at radius 2 is 1.32 bits per heavy atom. The zero-order valence-electron chi connectivity index (χ0n) is 20.4. The van der Waals surface area contributed by atoms with E-state index in [1.165, 1.54) is 51.5 Å². The molecule has 1 radical (unpaired) electrons. The van der Waals surface area contributed by atoms with Gasteiger partial charge in [0.2, 0.25) is 0 Å². The minimum Gasteiger partial charge on any atom is -0.502 e. The second kappa shape index (κ2) is 14.6. The summed E-state index contributed by atoms with van der Waals surface area (Å²) in [5.41, 5.74) is -1.55. The molecule has 0 atom stereocenters. The second-order valence-electron chi connectivity index (χ2n) is 9.09. The Hall–Kier alpha value is -1.38. The van der Waals surface area contributed by atoms with Gasteiger partial charge in [0.25, 0.3) is 5.69 Å². The van der Waals surface area contributed by atoms with Crippen LogP contribution in [0.2, 0.25) is 13.3 Å². The van der Waals surface area contributed by atoms with Crippen molar-refractivity contribution in [1.29, 1.82) is 0 Å². The van der Waals surface area contributed by atoms with Crippen molar-refractivity contribution in [2.24, 2.45) is 0 Å². The number of hydrogen-bond acceptors (Lipinski definition) is 5. The van der Waals surface area contributed by atoms with Crippen LogP contribution in [0.4, 0.5) is 11.4 Å². The number of nitro groups is 2. The van der Waals surface area contributed by atoms with Gasteiger partial charge in [0.15, 0.2) is 5.75 Å². The number of nitro benzene ring substituents is 2. The first-order valence-corrected chi connectivity index (χ1v) is 17.5. The molecule has 1 rings (SSSR count). The van der Waals surface area contributed by atoms with Gasteiger partial charge in [-0.15, -0.1) is 0 Å². The van der Waals surface area contributed by atoms with Crippen molar-refractivity contribution in [3.05, 3.63) is 37.4 Å². The van der Waals surface area contributed by atoms with E-state index in [9.17, 15) is 25.3 Å². The van der Waals surface area contributed by atoms with Gasteiger partial charge in [-0.2, -0.15) is 0 Å². The normalized spacial score (nSPS) is 11.2. The maximum atomic E-state index is 10.9. The molecule has 0 aliphatic heterocycles. The Kier molecular flexibility index (Phi) is 14.0. The molecule has 1 N–H and O–H groups in total. The van der Waals surface area contributed by atoms with E-state index in [1.54, 1.807) is 34.1 Å².